The Morgan fingerprint density at radius 2 is 0.567 bits per heavy atom. The van der Waals surface area contributed by atoms with Crippen molar-refractivity contribution in [3.63, 3.8) is 0 Å². The fraction of sp³-hybridized carbons (Fsp3) is 0.111. The standard InChI is InChI=1S/C29H26O4.C25H18O2/c30-17-19-32-23-13-9-21(10-14-23)29(22-11-15-24(16-12-22)33-20-18-31)27-7-3-1-5-25(27)26-6-2-4-8-28(26)29;26-19-13-9-17(10-14-19)25(18-11-15-20(27)16-12-18)23-7-3-1-5-21(23)22-6-2-4-8-24(22)25/h1-16,30-31H,17-20H2;1-16,26-27H. The molecule has 2 aliphatic carbocycles. The Labute approximate surface area is 349 Å². The van der Waals surface area contributed by atoms with Crippen molar-refractivity contribution in [1.29, 1.82) is 0 Å². The van der Waals surface area contributed by atoms with E-state index in [4.69, 9.17) is 19.7 Å². The van der Waals surface area contributed by atoms with Gasteiger partial charge >= 0.3 is 0 Å². The lowest BCUT2D eigenvalue weighted by Crippen LogP contribution is -2.28. The number of ether oxygens (including phenoxy) is 2. The van der Waals surface area contributed by atoms with Crippen LogP contribution in [0.3, 0.4) is 0 Å². The van der Waals surface area contributed by atoms with Crippen molar-refractivity contribution >= 4 is 0 Å². The first-order valence-electron chi connectivity index (χ1n) is 20.2. The summed E-state index contributed by atoms with van der Waals surface area (Å²) in [5.41, 5.74) is 13.3. The molecule has 6 nitrogen and oxygen atoms in total. The van der Waals surface area contributed by atoms with Gasteiger partial charge in [-0.25, -0.2) is 0 Å². The minimum Gasteiger partial charge on any atom is -0.508 e. The van der Waals surface area contributed by atoms with Gasteiger partial charge in [0.05, 0.1) is 24.0 Å². The fourth-order valence-corrected chi connectivity index (χ4v) is 9.40. The van der Waals surface area contributed by atoms with Gasteiger partial charge in [-0.3, -0.25) is 0 Å². The molecule has 8 aromatic carbocycles. The van der Waals surface area contributed by atoms with Crippen LogP contribution in [0.5, 0.6) is 23.0 Å². The minimum absolute atomic E-state index is 0.0167. The van der Waals surface area contributed by atoms with Crippen LogP contribution < -0.4 is 9.47 Å². The average Bonchev–Trinajstić information content (AvgIpc) is 3.78. The van der Waals surface area contributed by atoms with Crippen LogP contribution in [0, 0.1) is 0 Å². The molecule has 296 valence electrons. The van der Waals surface area contributed by atoms with E-state index < -0.39 is 10.8 Å². The zero-order valence-electron chi connectivity index (χ0n) is 32.9. The number of phenolic OH excluding ortho intramolecular Hbond substituents is 2. The molecule has 0 radical (unpaired) electrons. The molecular formula is C54H44O6. The summed E-state index contributed by atoms with van der Waals surface area (Å²) < 4.78 is 11.2. The molecule has 4 N–H and O–H groups in total. The number of benzene rings is 8. The van der Waals surface area contributed by atoms with Gasteiger partial charge in [-0.1, -0.05) is 146 Å². The molecule has 0 aromatic heterocycles. The van der Waals surface area contributed by atoms with E-state index in [2.05, 4.69) is 121 Å². The molecule has 60 heavy (non-hydrogen) atoms. The first kappa shape index (κ1) is 38.4. The van der Waals surface area contributed by atoms with Gasteiger partial charge in [0.1, 0.15) is 36.2 Å². The number of aromatic hydroxyl groups is 2. The van der Waals surface area contributed by atoms with Crippen molar-refractivity contribution in [2.45, 2.75) is 10.8 Å². The zero-order chi connectivity index (χ0) is 41.1. The topological polar surface area (TPSA) is 99.4 Å². The summed E-state index contributed by atoms with van der Waals surface area (Å²) in [6, 6.07) is 65.3. The van der Waals surface area contributed by atoms with Crippen molar-refractivity contribution in [2.75, 3.05) is 26.4 Å². The Morgan fingerprint density at radius 3 is 0.833 bits per heavy atom. The SMILES string of the molecule is OCCOc1ccc(C2(c3ccc(OCCO)cc3)c3ccccc3-c3ccccc32)cc1.Oc1ccc(C2(c3ccc(O)cc3)c3ccccc3-c3ccccc32)cc1. The first-order valence-corrected chi connectivity index (χ1v) is 20.2. The second-order valence-corrected chi connectivity index (χ2v) is 15.0. The number of fused-ring (bicyclic) bond motifs is 6. The third-order valence-corrected chi connectivity index (χ3v) is 11.8. The minimum atomic E-state index is -0.491. The van der Waals surface area contributed by atoms with Crippen LogP contribution in [0.25, 0.3) is 22.3 Å². The Kier molecular flexibility index (Phi) is 10.4. The second kappa shape index (κ2) is 16.3. The van der Waals surface area contributed by atoms with E-state index in [1.165, 1.54) is 44.5 Å². The van der Waals surface area contributed by atoms with E-state index in [-0.39, 0.29) is 37.9 Å². The summed E-state index contributed by atoms with van der Waals surface area (Å²) in [7, 11) is 0. The largest absolute Gasteiger partial charge is 0.508 e. The number of aliphatic hydroxyl groups excluding tert-OH is 2. The summed E-state index contributed by atoms with van der Waals surface area (Å²) in [5.74, 6) is 1.96. The molecule has 0 bridgehead atoms. The van der Waals surface area contributed by atoms with Crippen LogP contribution >= 0.6 is 0 Å². The maximum Gasteiger partial charge on any atom is 0.119 e. The third kappa shape index (κ3) is 6.38. The number of hydrogen-bond donors (Lipinski definition) is 4. The summed E-state index contributed by atoms with van der Waals surface area (Å²) in [6.07, 6.45) is 0. The van der Waals surface area contributed by atoms with Gasteiger partial charge in [-0.2, -0.15) is 0 Å². The van der Waals surface area contributed by atoms with Gasteiger partial charge < -0.3 is 29.9 Å². The molecule has 0 heterocycles. The van der Waals surface area contributed by atoms with Gasteiger partial charge in [-0.05, 0) is 115 Å². The molecule has 0 atom stereocenters. The molecule has 0 amide bonds. The maximum absolute atomic E-state index is 9.85. The highest BCUT2D eigenvalue weighted by molar-refractivity contribution is 5.87. The molecule has 6 heteroatoms. The van der Waals surface area contributed by atoms with E-state index in [1.807, 2.05) is 48.5 Å². The molecule has 0 spiro atoms. The van der Waals surface area contributed by atoms with E-state index in [9.17, 15) is 10.2 Å². The van der Waals surface area contributed by atoms with Gasteiger partial charge in [0.2, 0.25) is 0 Å². The summed E-state index contributed by atoms with van der Waals surface area (Å²) in [6.45, 7) is 0.505. The number of aliphatic hydroxyl groups is 2. The van der Waals surface area contributed by atoms with E-state index in [0.717, 1.165) is 33.8 Å². The zero-order valence-corrected chi connectivity index (χ0v) is 32.9. The van der Waals surface area contributed by atoms with E-state index >= 15 is 0 Å². The number of rotatable bonds is 10. The van der Waals surface area contributed by atoms with Crippen molar-refractivity contribution in [2.24, 2.45) is 0 Å². The van der Waals surface area contributed by atoms with Crippen LogP contribution in [-0.4, -0.2) is 46.9 Å². The molecule has 10 rings (SSSR count). The molecule has 2 aliphatic rings. The van der Waals surface area contributed by atoms with Crippen LogP contribution in [0.1, 0.15) is 44.5 Å². The highest BCUT2D eigenvalue weighted by Gasteiger charge is 2.47. The van der Waals surface area contributed by atoms with Gasteiger partial charge in [0.25, 0.3) is 0 Å². The van der Waals surface area contributed by atoms with Crippen LogP contribution in [0.15, 0.2) is 194 Å². The summed E-state index contributed by atoms with van der Waals surface area (Å²) in [4.78, 5) is 0. The monoisotopic (exact) mass is 788 g/mol. The Bertz CT molecular complexity index is 2550. The lowest BCUT2D eigenvalue weighted by Gasteiger charge is -2.34. The highest BCUT2D eigenvalue weighted by atomic mass is 16.5. The Morgan fingerprint density at radius 1 is 0.317 bits per heavy atom. The molecule has 8 aromatic rings. The number of hydrogen-bond acceptors (Lipinski definition) is 6. The van der Waals surface area contributed by atoms with Crippen LogP contribution in [-0.2, 0) is 10.8 Å². The van der Waals surface area contributed by atoms with Crippen molar-refractivity contribution in [3.05, 3.63) is 239 Å². The molecule has 0 aliphatic heterocycles. The lowest BCUT2D eigenvalue weighted by atomic mass is 9.68. The maximum atomic E-state index is 9.85. The van der Waals surface area contributed by atoms with Gasteiger partial charge in [0, 0.05) is 0 Å². The smallest absolute Gasteiger partial charge is 0.119 e. The molecule has 0 fully saturated rings. The Balaban J connectivity index is 0.000000157. The fourth-order valence-electron chi connectivity index (χ4n) is 9.40. The average molecular weight is 789 g/mol. The molecular weight excluding hydrogens is 745 g/mol. The van der Waals surface area contributed by atoms with Crippen molar-refractivity contribution in [1.82, 2.24) is 0 Å². The summed E-state index contributed by atoms with van der Waals surface area (Å²) >= 11 is 0. The van der Waals surface area contributed by atoms with Crippen LogP contribution in [0.4, 0.5) is 0 Å². The lowest BCUT2D eigenvalue weighted by molar-refractivity contribution is 0.201. The quantitative estimate of drug-likeness (QED) is 0.110. The normalized spacial score (nSPS) is 13.5. The predicted octanol–water partition coefficient (Wildman–Crippen LogP) is 10.3. The van der Waals surface area contributed by atoms with Gasteiger partial charge in [-0.15, -0.1) is 0 Å². The summed E-state index contributed by atoms with van der Waals surface area (Å²) in [5, 5.41) is 37.9. The number of phenols is 2. The van der Waals surface area contributed by atoms with E-state index in [0.29, 0.717) is 0 Å². The van der Waals surface area contributed by atoms with E-state index in [1.54, 1.807) is 24.3 Å². The Hall–Kier alpha value is -7.12. The van der Waals surface area contributed by atoms with Crippen LogP contribution in [0.2, 0.25) is 0 Å². The first-order chi connectivity index (χ1) is 29.5. The van der Waals surface area contributed by atoms with Crippen molar-refractivity contribution < 1.29 is 29.9 Å². The molecule has 0 saturated heterocycles. The second-order valence-electron chi connectivity index (χ2n) is 15.0. The van der Waals surface area contributed by atoms with Crippen molar-refractivity contribution in [3.8, 4) is 45.3 Å². The third-order valence-electron chi connectivity index (χ3n) is 11.8. The molecule has 0 unspecified atom stereocenters. The molecule has 0 saturated carbocycles. The highest BCUT2D eigenvalue weighted by Crippen LogP contribution is 2.57. The van der Waals surface area contributed by atoms with Gasteiger partial charge in [0.15, 0.2) is 0 Å². The predicted molar refractivity (Wildman–Crippen MR) is 236 cm³/mol.